The highest BCUT2D eigenvalue weighted by Gasteiger charge is 2.30. The van der Waals surface area contributed by atoms with Crippen molar-refractivity contribution in [2.75, 3.05) is 6.61 Å². The molecule has 0 amide bonds. The lowest BCUT2D eigenvalue weighted by Gasteiger charge is -2.17. The summed E-state index contributed by atoms with van der Waals surface area (Å²) in [7, 11) is 0. The van der Waals surface area contributed by atoms with Gasteiger partial charge < -0.3 is 4.74 Å². The largest absolute Gasteiger partial charge is 0.465 e. The number of benzene rings is 2. The highest BCUT2D eigenvalue weighted by molar-refractivity contribution is 6.00. The maximum Gasteiger partial charge on any atom is 0.316 e. The van der Waals surface area contributed by atoms with Crippen LogP contribution in [-0.2, 0) is 20.7 Å². The molecule has 0 aliphatic rings. The van der Waals surface area contributed by atoms with Crippen LogP contribution in [0.15, 0.2) is 42.5 Å². The monoisotopic (exact) mass is 298 g/mol. The molecule has 0 spiro atoms. The molecule has 0 aliphatic carbocycles. The quantitative estimate of drug-likeness (QED) is 0.602. The Morgan fingerprint density at radius 2 is 1.73 bits per heavy atom. The first-order chi connectivity index (χ1) is 10.5. The smallest absolute Gasteiger partial charge is 0.316 e. The fraction of sp³-hybridized carbons (Fsp3) is 0.368. The Kier molecular flexibility index (Phi) is 5.31. The summed E-state index contributed by atoms with van der Waals surface area (Å²) in [6.07, 6.45) is 0.386. The average Bonchev–Trinajstić information content (AvgIpc) is 2.52. The summed E-state index contributed by atoms with van der Waals surface area (Å²) in [5.41, 5.74) is 1.00. The summed E-state index contributed by atoms with van der Waals surface area (Å²) in [6, 6.07) is 14.0. The summed E-state index contributed by atoms with van der Waals surface area (Å²) in [6.45, 7) is 5.68. The fourth-order valence-electron chi connectivity index (χ4n) is 2.64. The topological polar surface area (TPSA) is 43.4 Å². The Bertz CT molecular complexity index is 668. The van der Waals surface area contributed by atoms with Gasteiger partial charge in [0.2, 0.25) is 0 Å². The van der Waals surface area contributed by atoms with Gasteiger partial charge in [0.05, 0.1) is 6.61 Å². The van der Waals surface area contributed by atoms with Crippen LogP contribution in [-0.4, -0.2) is 18.4 Å². The number of esters is 1. The van der Waals surface area contributed by atoms with Crippen molar-refractivity contribution in [1.29, 1.82) is 0 Å². The van der Waals surface area contributed by atoms with Gasteiger partial charge in [-0.05, 0) is 29.7 Å². The molecule has 0 aromatic heterocycles. The molecule has 3 heteroatoms. The van der Waals surface area contributed by atoms with Crippen LogP contribution in [0.3, 0.4) is 0 Å². The van der Waals surface area contributed by atoms with E-state index in [-0.39, 0.29) is 18.3 Å². The molecule has 0 saturated heterocycles. The molecule has 0 N–H and O–H groups in total. The molecule has 0 heterocycles. The maximum absolute atomic E-state index is 12.4. The Morgan fingerprint density at radius 1 is 1.05 bits per heavy atom. The van der Waals surface area contributed by atoms with Crippen molar-refractivity contribution in [3.63, 3.8) is 0 Å². The Hall–Kier alpha value is -2.16. The molecule has 0 radical (unpaired) electrons. The van der Waals surface area contributed by atoms with Crippen molar-refractivity contribution in [3.8, 4) is 0 Å². The zero-order valence-electron chi connectivity index (χ0n) is 13.3. The van der Waals surface area contributed by atoms with Gasteiger partial charge in [0, 0.05) is 5.92 Å². The van der Waals surface area contributed by atoms with E-state index in [4.69, 9.17) is 4.74 Å². The minimum Gasteiger partial charge on any atom is -0.465 e. The first-order valence-corrected chi connectivity index (χ1v) is 7.71. The lowest BCUT2D eigenvalue weighted by atomic mass is 9.88. The Labute approximate surface area is 131 Å². The molecular formula is C19H22O3. The van der Waals surface area contributed by atoms with E-state index in [9.17, 15) is 9.59 Å². The van der Waals surface area contributed by atoms with Crippen molar-refractivity contribution in [2.24, 2.45) is 11.8 Å². The standard InChI is InChI=1S/C19H22O3/c1-4-22-19(21)17(18(20)13(2)3)12-15-10-7-9-14-8-5-6-11-16(14)15/h5-11,13,17H,4,12H2,1-3H3. The second-order valence-electron chi connectivity index (χ2n) is 5.70. The van der Waals surface area contributed by atoms with Crippen LogP contribution in [0, 0.1) is 11.8 Å². The van der Waals surface area contributed by atoms with Crippen LogP contribution in [0.25, 0.3) is 10.8 Å². The summed E-state index contributed by atoms with van der Waals surface area (Å²) in [4.78, 5) is 24.6. The third-order valence-electron chi connectivity index (χ3n) is 3.79. The zero-order chi connectivity index (χ0) is 16.1. The third kappa shape index (κ3) is 3.53. The number of rotatable bonds is 6. The molecule has 1 atom stereocenters. The van der Waals surface area contributed by atoms with Crippen LogP contribution in [0.5, 0.6) is 0 Å². The van der Waals surface area contributed by atoms with E-state index in [0.717, 1.165) is 16.3 Å². The maximum atomic E-state index is 12.4. The summed E-state index contributed by atoms with van der Waals surface area (Å²) in [5, 5.41) is 2.19. The molecule has 0 aliphatic heterocycles. The SMILES string of the molecule is CCOC(=O)C(Cc1cccc2ccccc12)C(=O)C(C)C. The van der Waals surface area contributed by atoms with Crippen molar-refractivity contribution < 1.29 is 14.3 Å². The zero-order valence-corrected chi connectivity index (χ0v) is 13.3. The molecule has 2 rings (SSSR count). The molecule has 22 heavy (non-hydrogen) atoms. The molecule has 0 bridgehead atoms. The number of carbonyl (C=O) groups excluding carboxylic acids is 2. The van der Waals surface area contributed by atoms with Gasteiger partial charge in [-0.25, -0.2) is 0 Å². The predicted molar refractivity (Wildman–Crippen MR) is 87.6 cm³/mol. The third-order valence-corrected chi connectivity index (χ3v) is 3.79. The highest BCUT2D eigenvalue weighted by Crippen LogP contribution is 2.23. The number of hydrogen-bond donors (Lipinski definition) is 0. The van der Waals surface area contributed by atoms with E-state index in [2.05, 4.69) is 0 Å². The summed E-state index contributed by atoms with van der Waals surface area (Å²) in [5.74, 6) is -1.41. The Balaban J connectivity index is 2.36. The first kappa shape index (κ1) is 16.2. The van der Waals surface area contributed by atoms with Gasteiger partial charge in [-0.2, -0.15) is 0 Å². The van der Waals surface area contributed by atoms with Gasteiger partial charge in [-0.3, -0.25) is 9.59 Å². The van der Waals surface area contributed by atoms with E-state index in [1.165, 1.54) is 0 Å². The van der Waals surface area contributed by atoms with E-state index < -0.39 is 11.9 Å². The normalized spacial score (nSPS) is 12.4. The number of carbonyl (C=O) groups is 2. The fourth-order valence-corrected chi connectivity index (χ4v) is 2.64. The van der Waals surface area contributed by atoms with Crippen LogP contribution in [0.4, 0.5) is 0 Å². The second kappa shape index (κ2) is 7.21. The minimum absolute atomic E-state index is 0.0635. The molecule has 0 fully saturated rings. The first-order valence-electron chi connectivity index (χ1n) is 7.71. The van der Waals surface area contributed by atoms with Gasteiger partial charge >= 0.3 is 5.97 Å². The van der Waals surface area contributed by atoms with Gasteiger partial charge in [-0.1, -0.05) is 56.3 Å². The molecule has 3 nitrogen and oxygen atoms in total. The summed E-state index contributed by atoms with van der Waals surface area (Å²) >= 11 is 0. The van der Waals surface area contributed by atoms with Crippen molar-refractivity contribution in [2.45, 2.75) is 27.2 Å². The molecule has 2 aromatic rings. The minimum atomic E-state index is -0.731. The van der Waals surface area contributed by atoms with Crippen LogP contribution < -0.4 is 0 Å². The van der Waals surface area contributed by atoms with E-state index >= 15 is 0 Å². The van der Waals surface area contributed by atoms with Crippen molar-refractivity contribution >= 4 is 22.5 Å². The lowest BCUT2D eigenvalue weighted by Crippen LogP contribution is -2.31. The van der Waals surface area contributed by atoms with E-state index in [1.54, 1.807) is 6.92 Å². The molecule has 0 saturated carbocycles. The molecule has 116 valence electrons. The van der Waals surface area contributed by atoms with Crippen LogP contribution in [0.1, 0.15) is 26.3 Å². The summed E-state index contributed by atoms with van der Waals surface area (Å²) < 4.78 is 5.10. The van der Waals surface area contributed by atoms with Gasteiger partial charge in [0.1, 0.15) is 11.7 Å². The number of ether oxygens (including phenoxy) is 1. The Morgan fingerprint density at radius 3 is 2.41 bits per heavy atom. The number of Topliss-reactive ketones (excluding diaryl/α,β-unsaturated/α-hetero) is 1. The lowest BCUT2D eigenvalue weighted by molar-refractivity contribution is -0.152. The van der Waals surface area contributed by atoms with Gasteiger partial charge in [0.15, 0.2) is 0 Å². The number of hydrogen-bond acceptors (Lipinski definition) is 3. The molecular weight excluding hydrogens is 276 g/mol. The predicted octanol–water partition coefficient (Wildman–Crippen LogP) is 3.79. The van der Waals surface area contributed by atoms with E-state index in [1.807, 2.05) is 56.3 Å². The second-order valence-corrected chi connectivity index (χ2v) is 5.70. The van der Waals surface area contributed by atoms with Gasteiger partial charge in [0.25, 0.3) is 0 Å². The average molecular weight is 298 g/mol. The van der Waals surface area contributed by atoms with E-state index in [0.29, 0.717) is 6.42 Å². The van der Waals surface area contributed by atoms with Crippen LogP contribution >= 0.6 is 0 Å². The molecule has 2 aromatic carbocycles. The van der Waals surface area contributed by atoms with Crippen LogP contribution in [0.2, 0.25) is 0 Å². The highest BCUT2D eigenvalue weighted by atomic mass is 16.5. The van der Waals surface area contributed by atoms with Crippen molar-refractivity contribution in [1.82, 2.24) is 0 Å². The number of fused-ring (bicyclic) bond motifs is 1. The van der Waals surface area contributed by atoms with Crippen molar-refractivity contribution in [3.05, 3.63) is 48.0 Å². The number of ketones is 1. The molecule has 1 unspecified atom stereocenters. The van der Waals surface area contributed by atoms with Gasteiger partial charge in [-0.15, -0.1) is 0 Å².